The molecule has 0 saturated heterocycles. The van der Waals surface area contributed by atoms with E-state index in [1.54, 1.807) is 35.8 Å². The van der Waals surface area contributed by atoms with Crippen LogP contribution in [0.3, 0.4) is 0 Å². The van der Waals surface area contributed by atoms with E-state index in [0.717, 1.165) is 17.1 Å². The van der Waals surface area contributed by atoms with E-state index in [2.05, 4.69) is 15.6 Å². The molecule has 0 aliphatic heterocycles. The number of hydrogen-bond acceptors (Lipinski definition) is 5. The van der Waals surface area contributed by atoms with Crippen LogP contribution in [0.1, 0.15) is 22.5 Å². The van der Waals surface area contributed by atoms with Gasteiger partial charge in [0.15, 0.2) is 5.13 Å². The summed E-state index contributed by atoms with van der Waals surface area (Å²) in [5, 5.41) is 7.90. The molecule has 0 radical (unpaired) electrons. The first-order valence-corrected chi connectivity index (χ1v) is 10.3. The van der Waals surface area contributed by atoms with Crippen LogP contribution < -0.4 is 10.6 Å². The molecule has 150 valence electrons. The summed E-state index contributed by atoms with van der Waals surface area (Å²) in [4.78, 5) is 28.4. The van der Waals surface area contributed by atoms with Crippen molar-refractivity contribution in [1.82, 2.24) is 4.98 Å². The van der Waals surface area contributed by atoms with Gasteiger partial charge in [-0.1, -0.05) is 30.3 Å². The molecule has 0 fully saturated rings. The van der Waals surface area contributed by atoms with Gasteiger partial charge in [0.05, 0.1) is 0 Å². The molecule has 2 heterocycles. The number of nitrogens with one attached hydrogen (secondary N) is 2. The van der Waals surface area contributed by atoms with E-state index in [-0.39, 0.29) is 11.8 Å². The van der Waals surface area contributed by atoms with Crippen LogP contribution in [0.2, 0.25) is 0 Å². The molecule has 0 aliphatic carbocycles. The third kappa shape index (κ3) is 5.01. The number of rotatable bonds is 7. The van der Waals surface area contributed by atoms with Crippen LogP contribution in [0, 0.1) is 0 Å². The van der Waals surface area contributed by atoms with Crippen molar-refractivity contribution in [2.24, 2.45) is 0 Å². The topological polar surface area (TPSA) is 84.2 Å². The molecule has 2 N–H and O–H groups in total. The molecule has 6 nitrogen and oxygen atoms in total. The molecule has 0 aliphatic rings. The van der Waals surface area contributed by atoms with Crippen molar-refractivity contribution in [3.8, 4) is 11.3 Å². The molecule has 30 heavy (non-hydrogen) atoms. The highest BCUT2D eigenvalue weighted by atomic mass is 32.1. The third-order valence-electron chi connectivity index (χ3n) is 4.40. The zero-order valence-corrected chi connectivity index (χ0v) is 16.8. The van der Waals surface area contributed by atoms with Gasteiger partial charge in [0, 0.05) is 41.2 Å². The Morgan fingerprint density at radius 3 is 2.47 bits per heavy atom. The number of carbonyl (C=O) groups is 2. The van der Waals surface area contributed by atoms with Crippen LogP contribution in [0.25, 0.3) is 11.3 Å². The van der Waals surface area contributed by atoms with Crippen LogP contribution in [-0.2, 0) is 11.2 Å². The second-order valence-corrected chi connectivity index (χ2v) is 7.44. The van der Waals surface area contributed by atoms with Crippen molar-refractivity contribution in [3.63, 3.8) is 0 Å². The van der Waals surface area contributed by atoms with Crippen LogP contribution >= 0.6 is 11.3 Å². The predicted molar refractivity (Wildman–Crippen MR) is 118 cm³/mol. The first kappa shape index (κ1) is 19.6. The van der Waals surface area contributed by atoms with Gasteiger partial charge in [0.1, 0.15) is 11.5 Å². The molecular weight excluding hydrogens is 398 g/mol. The number of carbonyl (C=O) groups excluding carboxylic acids is 2. The van der Waals surface area contributed by atoms with Crippen molar-refractivity contribution in [3.05, 3.63) is 89.6 Å². The van der Waals surface area contributed by atoms with Crippen molar-refractivity contribution in [2.45, 2.75) is 12.8 Å². The summed E-state index contributed by atoms with van der Waals surface area (Å²) < 4.78 is 5.83. The fourth-order valence-electron chi connectivity index (χ4n) is 2.89. The highest BCUT2D eigenvalue weighted by Gasteiger charge is 2.10. The standard InChI is InChI=1S/C23H19N3O3S/c27-21(13-11-19-10-12-20(29-19)16-4-2-1-3-5-16)25-18-8-6-17(7-9-18)22(28)26-23-24-14-15-30-23/h1-10,12,14-15H,11,13H2,(H,25,27)(H,24,26,28). The fraction of sp³-hybridized carbons (Fsp3) is 0.0870. The number of benzene rings is 2. The van der Waals surface area contributed by atoms with Gasteiger partial charge in [0.2, 0.25) is 5.91 Å². The van der Waals surface area contributed by atoms with Gasteiger partial charge in [-0.2, -0.15) is 0 Å². The molecule has 2 amide bonds. The van der Waals surface area contributed by atoms with E-state index in [1.165, 1.54) is 11.3 Å². The molecule has 2 aromatic carbocycles. The summed E-state index contributed by atoms with van der Waals surface area (Å²) in [6.45, 7) is 0. The molecule has 0 spiro atoms. The Morgan fingerprint density at radius 2 is 1.73 bits per heavy atom. The highest BCUT2D eigenvalue weighted by Crippen LogP contribution is 2.22. The Hall–Kier alpha value is -3.71. The molecule has 4 aromatic rings. The monoisotopic (exact) mass is 417 g/mol. The second kappa shape index (κ2) is 9.19. The number of aromatic nitrogens is 1. The average molecular weight is 417 g/mol. The molecule has 0 bridgehead atoms. The predicted octanol–water partition coefficient (Wildman–Crippen LogP) is 5.23. The molecule has 0 saturated carbocycles. The summed E-state index contributed by atoms with van der Waals surface area (Å²) in [6.07, 6.45) is 2.44. The summed E-state index contributed by atoms with van der Waals surface area (Å²) in [5.74, 6) is 1.19. The smallest absolute Gasteiger partial charge is 0.257 e. The minimum atomic E-state index is -0.241. The Balaban J connectivity index is 1.28. The molecule has 7 heteroatoms. The number of nitrogens with zero attached hydrogens (tertiary/aromatic N) is 1. The molecule has 2 aromatic heterocycles. The molecular formula is C23H19N3O3S. The number of anilines is 2. The lowest BCUT2D eigenvalue weighted by molar-refractivity contribution is -0.116. The lowest BCUT2D eigenvalue weighted by atomic mass is 10.2. The summed E-state index contributed by atoms with van der Waals surface area (Å²) >= 11 is 1.35. The summed E-state index contributed by atoms with van der Waals surface area (Å²) in [7, 11) is 0. The fourth-order valence-corrected chi connectivity index (χ4v) is 3.41. The van der Waals surface area contributed by atoms with Crippen LogP contribution in [0.5, 0.6) is 0 Å². The van der Waals surface area contributed by atoms with Crippen LogP contribution in [0.15, 0.2) is 82.7 Å². The highest BCUT2D eigenvalue weighted by molar-refractivity contribution is 7.13. The van der Waals surface area contributed by atoms with Crippen LogP contribution in [-0.4, -0.2) is 16.8 Å². The number of hydrogen-bond donors (Lipinski definition) is 2. The molecule has 0 unspecified atom stereocenters. The van der Waals surface area contributed by atoms with Gasteiger partial charge in [0.25, 0.3) is 5.91 Å². The normalized spacial score (nSPS) is 10.5. The number of aryl methyl sites for hydroxylation is 1. The Bertz CT molecular complexity index is 1120. The van der Waals surface area contributed by atoms with Gasteiger partial charge in [-0.3, -0.25) is 14.9 Å². The lowest BCUT2D eigenvalue weighted by Gasteiger charge is -2.06. The van der Waals surface area contributed by atoms with E-state index in [0.29, 0.717) is 29.2 Å². The van der Waals surface area contributed by atoms with Crippen LogP contribution in [0.4, 0.5) is 10.8 Å². The van der Waals surface area contributed by atoms with Crippen molar-refractivity contribution in [1.29, 1.82) is 0 Å². The second-order valence-electron chi connectivity index (χ2n) is 6.55. The van der Waals surface area contributed by atoms with Crippen molar-refractivity contribution in [2.75, 3.05) is 10.6 Å². The number of thiazole rings is 1. The van der Waals surface area contributed by atoms with Gasteiger partial charge < -0.3 is 9.73 Å². The van der Waals surface area contributed by atoms with Crippen molar-refractivity contribution >= 4 is 34.0 Å². The van der Waals surface area contributed by atoms with E-state index in [4.69, 9.17) is 4.42 Å². The van der Waals surface area contributed by atoms with Crippen molar-refractivity contribution < 1.29 is 14.0 Å². The van der Waals surface area contributed by atoms with E-state index in [1.807, 2.05) is 42.5 Å². The zero-order chi connectivity index (χ0) is 20.8. The SMILES string of the molecule is O=C(CCc1ccc(-c2ccccc2)o1)Nc1ccc(C(=O)Nc2nccs2)cc1. The van der Waals surface area contributed by atoms with Gasteiger partial charge in [-0.05, 0) is 36.4 Å². The lowest BCUT2D eigenvalue weighted by Crippen LogP contribution is -2.13. The minimum Gasteiger partial charge on any atom is -0.461 e. The largest absolute Gasteiger partial charge is 0.461 e. The molecule has 4 rings (SSSR count). The maximum absolute atomic E-state index is 12.3. The van der Waals surface area contributed by atoms with Gasteiger partial charge in [-0.15, -0.1) is 11.3 Å². The maximum Gasteiger partial charge on any atom is 0.257 e. The number of furan rings is 1. The van der Waals surface area contributed by atoms with Gasteiger partial charge in [-0.25, -0.2) is 4.98 Å². The van der Waals surface area contributed by atoms with E-state index < -0.39 is 0 Å². The first-order chi connectivity index (χ1) is 14.7. The zero-order valence-electron chi connectivity index (χ0n) is 16.0. The van der Waals surface area contributed by atoms with E-state index in [9.17, 15) is 9.59 Å². The maximum atomic E-state index is 12.3. The third-order valence-corrected chi connectivity index (χ3v) is 5.09. The Labute approximate surface area is 177 Å². The summed E-state index contributed by atoms with van der Waals surface area (Å²) in [5.41, 5.74) is 2.13. The van der Waals surface area contributed by atoms with Gasteiger partial charge >= 0.3 is 0 Å². The Kier molecular flexibility index (Phi) is 6.01. The average Bonchev–Trinajstić information content (AvgIpc) is 3.45. The minimum absolute atomic E-state index is 0.118. The Morgan fingerprint density at radius 1 is 0.933 bits per heavy atom. The molecule has 0 atom stereocenters. The first-order valence-electron chi connectivity index (χ1n) is 9.42. The quantitative estimate of drug-likeness (QED) is 0.431. The van der Waals surface area contributed by atoms with E-state index >= 15 is 0 Å². The summed E-state index contributed by atoms with van der Waals surface area (Å²) in [6, 6.07) is 20.4. The number of amides is 2.